The van der Waals surface area contributed by atoms with Gasteiger partial charge in [0.05, 0.1) is 19.4 Å². The van der Waals surface area contributed by atoms with E-state index in [-0.39, 0.29) is 36.4 Å². The highest BCUT2D eigenvalue weighted by Gasteiger charge is 2.07. The molecule has 6 nitrogen and oxygen atoms in total. The van der Waals surface area contributed by atoms with Gasteiger partial charge in [0.15, 0.2) is 5.96 Å². The van der Waals surface area contributed by atoms with E-state index in [2.05, 4.69) is 34.8 Å². The van der Waals surface area contributed by atoms with Crippen LogP contribution >= 0.6 is 24.0 Å². The Kier molecular flexibility index (Phi) is 11.6. The standard InChI is InChI=1S/C15H26N4O2.HI/c1-4-12(5-2)9-18-15(16-3)19-11-14(20)17-10-13-7-6-8-21-13;/h6-8,12H,4-5,9-11H2,1-3H3,(H,17,20)(H2,16,18,19);1H. The molecule has 0 bridgehead atoms. The third-order valence-corrected chi connectivity index (χ3v) is 3.39. The Morgan fingerprint density at radius 2 is 2.00 bits per heavy atom. The second-order valence-electron chi connectivity index (χ2n) is 4.85. The zero-order chi connectivity index (χ0) is 15.5. The van der Waals surface area contributed by atoms with Crippen LogP contribution in [0.3, 0.4) is 0 Å². The number of carbonyl (C=O) groups is 1. The van der Waals surface area contributed by atoms with Crippen molar-refractivity contribution in [2.24, 2.45) is 10.9 Å². The SMILES string of the molecule is CCC(CC)CNC(=NC)NCC(=O)NCc1ccco1.I. The summed E-state index contributed by atoms with van der Waals surface area (Å²) >= 11 is 0. The first-order chi connectivity index (χ1) is 10.2. The van der Waals surface area contributed by atoms with Gasteiger partial charge < -0.3 is 20.4 Å². The first kappa shape index (κ1) is 20.8. The van der Waals surface area contributed by atoms with Gasteiger partial charge in [-0.25, -0.2) is 0 Å². The minimum atomic E-state index is -0.100. The summed E-state index contributed by atoms with van der Waals surface area (Å²) < 4.78 is 5.15. The summed E-state index contributed by atoms with van der Waals surface area (Å²) in [6.07, 6.45) is 3.84. The molecule has 1 amide bonds. The van der Waals surface area contributed by atoms with Crippen molar-refractivity contribution in [3.8, 4) is 0 Å². The molecule has 1 heterocycles. The monoisotopic (exact) mass is 422 g/mol. The highest BCUT2D eigenvalue weighted by Crippen LogP contribution is 2.04. The third kappa shape index (κ3) is 8.26. The van der Waals surface area contributed by atoms with Crippen molar-refractivity contribution >= 4 is 35.8 Å². The van der Waals surface area contributed by atoms with Crippen LogP contribution in [0.25, 0.3) is 0 Å². The van der Waals surface area contributed by atoms with E-state index in [1.165, 1.54) is 0 Å². The van der Waals surface area contributed by atoms with E-state index in [0.717, 1.165) is 25.1 Å². The number of hydrogen-bond donors (Lipinski definition) is 3. The summed E-state index contributed by atoms with van der Waals surface area (Å²) in [5, 5.41) is 9.01. The summed E-state index contributed by atoms with van der Waals surface area (Å²) in [5.41, 5.74) is 0. The second-order valence-corrected chi connectivity index (χ2v) is 4.85. The fourth-order valence-electron chi connectivity index (χ4n) is 1.86. The average molecular weight is 422 g/mol. The van der Waals surface area contributed by atoms with Crippen LogP contribution in [0.1, 0.15) is 32.4 Å². The van der Waals surface area contributed by atoms with E-state index in [9.17, 15) is 4.79 Å². The number of rotatable bonds is 8. The van der Waals surface area contributed by atoms with Gasteiger partial charge in [-0.2, -0.15) is 0 Å². The molecule has 0 saturated carbocycles. The van der Waals surface area contributed by atoms with Crippen LogP contribution in [0.5, 0.6) is 0 Å². The van der Waals surface area contributed by atoms with Crippen molar-refractivity contribution in [3.05, 3.63) is 24.2 Å². The van der Waals surface area contributed by atoms with Crippen molar-refractivity contribution in [2.75, 3.05) is 20.1 Å². The molecule has 126 valence electrons. The molecule has 3 N–H and O–H groups in total. The molecule has 0 radical (unpaired) electrons. The van der Waals surface area contributed by atoms with Gasteiger partial charge >= 0.3 is 0 Å². The summed E-state index contributed by atoms with van der Waals surface area (Å²) in [6, 6.07) is 3.62. The zero-order valence-electron chi connectivity index (χ0n) is 13.5. The predicted octanol–water partition coefficient (Wildman–Crippen LogP) is 2.12. The van der Waals surface area contributed by atoms with Crippen molar-refractivity contribution in [1.29, 1.82) is 0 Å². The lowest BCUT2D eigenvalue weighted by molar-refractivity contribution is -0.120. The quantitative estimate of drug-likeness (QED) is 0.341. The lowest BCUT2D eigenvalue weighted by Crippen LogP contribution is -2.44. The van der Waals surface area contributed by atoms with Crippen LogP contribution in [0.15, 0.2) is 27.8 Å². The number of guanidine groups is 1. The molecule has 0 aromatic carbocycles. The molecule has 0 unspecified atom stereocenters. The van der Waals surface area contributed by atoms with Crippen molar-refractivity contribution < 1.29 is 9.21 Å². The number of nitrogens with one attached hydrogen (secondary N) is 3. The number of hydrogen-bond acceptors (Lipinski definition) is 3. The molecule has 0 aliphatic carbocycles. The number of carbonyl (C=O) groups excluding carboxylic acids is 1. The molecule has 22 heavy (non-hydrogen) atoms. The molecule has 7 heteroatoms. The van der Waals surface area contributed by atoms with Crippen LogP contribution in [0.2, 0.25) is 0 Å². The number of aliphatic imine (C=N–C) groups is 1. The van der Waals surface area contributed by atoms with E-state index in [4.69, 9.17) is 4.42 Å². The molecule has 0 aliphatic rings. The van der Waals surface area contributed by atoms with Gasteiger partial charge in [-0.05, 0) is 18.1 Å². The van der Waals surface area contributed by atoms with E-state index in [1.807, 2.05) is 6.07 Å². The highest BCUT2D eigenvalue weighted by atomic mass is 127. The Balaban J connectivity index is 0.00000441. The normalized spacial score (nSPS) is 11.0. The smallest absolute Gasteiger partial charge is 0.239 e. The lowest BCUT2D eigenvalue weighted by atomic mass is 10.0. The maximum Gasteiger partial charge on any atom is 0.239 e. The maximum atomic E-state index is 11.7. The van der Waals surface area contributed by atoms with Crippen molar-refractivity contribution in [2.45, 2.75) is 33.2 Å². The zero-order valence-corrected chi connectivity index (χ0v) is 15.8. The summed E-state index contributed by atoms with van der Waals surface area (Å²) in [7, 11) is 1.70. The number of furan rings is 1. The lowest BCUT2D eigenvalue weighted by Gasteiger charge is -2.16. The largest absolute Gasteiger partial charge is 0.467 e. The molecule has 0 aliphatic heterocycles. The number of nitrogens with zero attached hydrogens (tertiary/aromatic N) is 1. The Morgan fingerprint density at radius 1 is 1.27 bits per heavy atom. The Labute approximate surface area is 149 Å². The van der Waals surface area contributed by atoms with Crippen LogP contribution in [0, 0.1) is 5.92 Å². The molecule has 1 aromatic rings. The first-order valence-corrected chi connectivity index (χ1v) is 7.43. The minimum Gasteiger partial charge on any atom is -0.467 e. The van der Waals surface area contributed by atoms with Gasteiger partial charge in [-0.15, -0.1) is 24.0 Å². The molecule has 0 spiro atoms. The fourth-order valence-corrected chi connectivity index (χ4v) is 1.86. The number of amides is 1. The van der Waals surface area contributed by atoms with Gasteiger partial charge in [0, 0.05) is 13.6 Å². The topological polar surface area (TPSA) is 78.7 Å². The van der Waals surface area contributed by atoms with Gasteiger partial charge in [-0.1, -0.05) is 26.7 Å². The minimum absolute atomic E-state index is 0. The highest BCUT2D eigenvalue weighted by molar-refractivity contribution is 14.0. The van der Waals surface area contributed by atoms with Gasteiger partial charge in [0.2, 0.25) is 5.91 Å². The van der Waals surface area contributed by atoms with E-state index in [0.29, 0.717) is 18.4 Å². The first-order valence-electron chi connectivity index (χ1n) is 7.43. The molecular formula is C15H27IN4O2. The molecule has 1 rings (SSSR count). The summed E-state index contributed by atoms with van der Waals surface area (Å²) in [4.78, 5) is 15.8. The van der Waals surface area contributed by atoms with Crippen LogP contribution in [0.4, 0.5) is 0 Å². The molecule has 0 saturated heterocycles. The Morgan fingerprint density at radius 3 is 2.55 bits per heavy atom. The molecular weight excluding hydrogens is 395 g/mol. The maximum absolute atomic E-state index is 11.7. The van der Waals surface area contributed by atoms with Crippen LogP contribution in [-0.2, 0) is 11.3 Å². The van der Waals surface area contributed by atoms with E-state index >= 15 is 0 Å². The number of halogens is 1. The van der Waals surface area contributed by atoms with Crippen LogP contribution < -0.4 is 16.0 Å². The van der Waals surface area contributed by atoms with E-state index in [1.54, 1.807) is 19.4 Å². The van der Waals surface area contributed by atoms with Crippen molar-refractivity contribution in [3.63, 3.8) is 0 Å². The average Bonchev–Trinajstić information content (AvgIpc) is 3.02. The fraction of sp³-hybridized carbons (Fsp3) is 0.600. The summed E-state index contributed by atoms with van der Waals surface area (Å²) in [5.74, 6) is 1.91. The predicted molar refractivity (Wildman–Crippen MR) is 99.4 cm³/mol. The van der Waals surface area contributed by atoms with Crippen LogP contribution in [-0.4, -0.2) is 32.0 Å². The Bertz CT molecular complexity index is 431. The summed E-state index contributed by atoms with van der Waals surface area (Å²) in [6.45, 7) is 5.79. The van der Waals surface area contributed by atoms with Crippen molar-refractivity contribution in [1.82, 2.24) is 16.0 Å². The Hall–Kier alpha value is -1.25. The van der Waals surface area contributed by atoms with E-state index < -0.39 is 0 Å². The third-order valence-electron chi connectivity index (χ3n) is 3.39. The second kappa shape index (κ2) is 12.3. The molecule has 1 aromatic heterocycles. The molecule has 0 fully saturated rings. The van der Waals surface area contributed by atoms with Gasteiger partial charge in [0.1, 0.15) is 5.76 Å². The molecule has 0 atom stereocenters. The van der Waals surface area contributed by atoms with Gasteiger partial charge in [-0.3, -0.25) is 9.79 Å². The van der Waals surface area contributed by atoms with Gasteiger partial charge in [0.25, 0.3) is 0 Å².